The van der Waals surface area contributed by atoms with Crippen LogP contribution in [0, 0.1) is 5.82 Å². The summed E-state index contributed by atoms with van der Waals surface area (Å²) in [6.45, 7) is 4.17. The van der Waals surface area contributed by atoms with E-state index in [4.69, 9.17) is 0 Å². The fourth-order valence-electron chi connectivity index (χ4n) is 1.65. The van der Waals surface area contributed by atoms with Gasteiger partial charge in [0, 0.05) is 11.0 Å². The fourth-order valence-corrected chi connectivity index (χ4v) is 2.13. The second kappa shape index (κ2) is 7.02. The molecule has 0 saturated heterocycles. The summed E-state index contributed by atoms with van der Waals surface area (Å²) in [5.74, 6) is -0.190. The highest BCUT2D eigenvalue weighted by Crippen LogP contribution is 2.19. The lowest BCUT2D eigenvalue weighted by molar-refractivity contribution is 0.317. The summed E-state index contributed by atoms with van der Waals surface area (Å²) in [6, 6.07) is 4.88. The standard InChI is InChI=1S/C13H19BrFN/c1-3-4-5-8-16(2)10-11-6-7-12(15)9-13(11)14/h6-7,9H,3-5,8,10H2,1-2H3. The van der Waals surface area contributed by atoms with Gasteiger partial charge in [-0.15, -0.1) is 0 Å². The third-order valence-electron chi connectivity index (χ3n) is 2.60. The third kappa shape index (κ3) is 4.62. The maximum absolute atomic E-state index is 12.9. The predicted octanol–water partition coefficient (Wildman–Crippen LogP) is 4.21. The molecule has 0 aliphatic heterocycles. The average molecular weight is 288 g/mol. The van der Waals surface area contributed by atoms with Crippen molar-refractivity contribution in [2.24, 2.45) is 0 Å². The van der Waals surface area contributed by atoms with E-state index in [9.17, 15) is 4.39 Å². The second-order valence-electron chi connectivity index (χ2n) is 4.18. The molecule has 0 heterocycles. The summed E-state index contributed by atoms with van der Waals surface area (Å²) in [5, 5.41) is 0. The summed E-state index contributed by atoms with van der Waals surface area (Å²) < 4.78 is 13.7. The van der Waals surface area contributed by atoms with Crippen molar-refractivity contribution >= 4 is 15.9 Å². The first-order valence-corrected chi connectivity index (χ1v) is 6.55. The Kier molecular flexibility index (Phi) is 5.99. The van der Waals surface area contributed by atoms with Gasteiger partial charge in [-0.05, 0) is 37.7 Å². The molecule has 90 valence electrons. The van der Waals surface area contributed by atoms with Crippen LogP contribution in [0.3, 0.4) is 0 Å². The van der Waals surface area contributed by atoms with Gasteiger partial charge in [0.05, 0.1) is 0 Å². The molecule has 0 atom stereocenters. The van der Waals surface area contributed by atoms with Gasteiger partial charge < -0.3 is 4.90 Å². The molecule has 0 fully saturated rings. The molecule has 0 aromatic heterocycles. The van der Waals surface area contributed by atoms with Gasteiger partial charge >= 0.3 is 0 Å². The van der Waals surface area contributed by atoms with Gasteiger partial charge in [-0.1, -0.05) is 41.8 Å². The lowest BCUT2D eigenvalue weighted by Crippen LogP contribution is -2.19. The Morgan fingerprint density at radius 2 is 2.06 bits per heavy atom. The van der Waals surface area contributed by atoms with E-state index in [1.54, 1.807) is 0 Å². The SMILES string of the molecule is CCCCCN(C)Cc1ccc(F)cc1Br. The monoisotopic (exact) mass is 287 g/mol. The van der Waals surface area contributed by atoms with Gasteiger partial charge in [0.15, 0.2) is 0 Å². The number of halogens is 2. The van der Waals surface area contributed by atoms with Gasteiger partial charge in [0.1, 0.15) is 5.82 Å². The zero-order valence-corrected chi connectivity index (χ0v) is 11.6. The van der Waals surface area contributed by atoms with Crippen LogP contribution in [0.2, 0.25) is 0 Å². The molecule has 0 saturated carbocycles. The van der Waals surface area contributed by atoms with Crippen LogP contribution in [0.25, 0.3) is 0 Å². The molecule has 0 aliphatic carbocycles. The quantitative estimate of drug-likeness (QED) is 0.709. The fraction of sp³-hybridized carbons (Fsp3) is 0.538. The normalized spacial score (nSPS) is 11.1. The Hall–Kier alpha value is -0.410. The molecule has 0 radical (unpaired) electrons. The van der Waals surface area contributed by atoms with E-state index in [1.807, 2.05) is 6.07 Å². The van der Waals surface area contributed by atoms with Crippen LogP contribution in [0.1, 0.15) is 31.7 Å². The molecule has 1 rings (SSSR count). The van der Waals surface area contributed by atoms with Crippen LogP contribution in [-0.2, 0) is 6.54 Å². The highest BCUT2D eigenvalue weighted by atomic mass is 79.9. The Morgan fingerprint density at radius 1 is 1.31 bits per heavy atom. The van der Waals surface area contributed by atoms with E-state index >= 15 is 0 Å². The molecule has 1 aromatic carbocycles. The number of hydrogen-bond acceptors (Lipinski definition) is 1. The molecule has 16 heavy (non-hydrogen) atoms. The van der Waals surface area contributed by atoms with Crippen LogP contribution in [-0.4, -0.2) is 18.5 Å². The van der Waals surface area contributed by atoms with Gasteiger partial charge in [0.25, 0.3) is 0 Å². The van der Waals surface area contributed by atoms with Crippen molar-refractivity contribution in [3.05, 3.63) is 34.1 Å². The minimum Gasteiger partial charge on any atom is -0.302 e. The molecular weight excluding hydrogens is 269 g/mol. The van der Waals surface area contributed by atoms with Crippen molar-refractivity contribution in [3.63, 3.8) is 0 Å². The molecule has 0 amide bonds. The first kappa shape index (κ1) is 13.7. The molecule has 1 aromatic rings. The van der Waals surface area contributed by atoms with Gasteiger partial charge in [-0.3, -0.25) is 0 Å². The van der Waals surface area contributed by atoms with Crippen LogP contribution < -0.4 is 0 Å². The van der Waals surface area contributed by atoms with Gasteiger partial charge in [0.2, 0.25) is 0 Å². The molecule has 0 N–H and O–H groups in total. The first-order chi connectivity index (χ1) is 7.63. The number of rotatable bonds is 6. The summed E-state index contributed by atoms with van der Waals surface area (Å²) in [6.07, 6.45) is 3.74. The van der Waals surface area contributed by atoms with Crippen molar-refractivity contribution in [1.82, 2.24) is 4.90 Å². The van der Waals surface area contributed by atoms with Crippen LogP contribution in [0.5, 0.6) is 0 Å². The Bertz CT molecular complexity index is 328. The van der Waals surface area contributed by atoms with E-state index in [1.165, 1.54) is 31.4 Å². The van der Waals surface area contributed by atoms with Gasteiger partial charge in [-0.25, -0.2) is 4.39 Å². The first-order valence-electron chi connectivity index (χ1n) is 5.76. The molecule has 1 nitrogen and oxygen atoms in total. The van der Waals surface area contributed by atoms with Crippen molar-refractivity contribution in [1.29, 1.82) is 0 Å². The molecule has 3 heteroatoms. The minimum atomic E-state index is -0.190. The smallest absolute Gasteiger partial charge is 0.124 e. The van der Waals surface area contributed by atoms with Crippen LogP contribution in [0.4, 0.5) is 4.39 Å². The second-order valence-corrected chi connectivity index (χ2v) is 5.03. The van der Waals surface area contributed by atoms with Crippen molar-refractivity contribution in [2.75, 3.05) is 13.6 Å². The van der Waals surface area contributed by atoms with Crippen LogP contribution in [0.15, 0.2) is 22.7 Å². The van der Waals surface area contributed by atoms with Crippen molar-refractivity contribution in [2.45, 2.75) is 32.7 Å². The Morgan fingerprint density at radius 3 is 2.69 bits per heavy atom. The number of unbranched alkanes of at least 4 members (excludes halogenated alkanes) is 2. The summed E-state index contributed by atoms with van der Waals surface area (Å²) in [5.41, 5.74) is 1.14. The number of hydrogen-bond donors (Lipinski definition) is 0. The molecule has 0 unspecified atom stereocenters. The Labute approximate surface area is 106 Å². The molecule has 0 spiro atoms. The van der Waals surface area contributed by atoms with E-state index in [0.717, 1.165) is 23.1 Å². The topological polar surface area (TPSA) is 3.24 Å². The number of nitrogens with zero attached hydrogens (tertiary/aromatic N) is 1. The van der Waals surface area contributed by atoms with Crippen molar-refractivity contribution in [3.8, 4) is 0 Å². The zero-order valence-electron chi connectivity index (χ0n) is 9.97. The summed E-state index contributed by atoms with van der Waals surface area (Å²) >= 11 is 3.39. The number of benzene rings is 1. The third-order valence-corrected chi connectivity index (χ3v) is 3.34. The van der Waals surface area contributed by atoms with E-state index in [0.29, 0.717) is 0 Å². The maximum Gasteiger partial charge on any atom is 0.124 e. The Balaban J connectivity index is 2.46. The largest absolute Gasteiger partial charge is 0.302 e. The van der Waals surface area contributed by atoms with Gasteiger partial charge in [-0.2, -0.15) is 0 Å². The summed E-state index contributed by atoms with van der Waals surface area (Å²) in [7, 11) is 2.10. The van der Waals surface area contributed by atoms with E-state index in [-0.39, 0.29) is 5.82 Å². The molecular formula is C13H19BrFN. The minimum absolute atomic E-state index is 0.190. The zero-order chi connectivity index (χ0) is 12.0. The molecule has 0 aliphatic rings. The molecule has 0 bridgehead atoms. The maximum atomic E-state index is 12.9. The lowest BCUT2D eigenvalue weighted by Gasteiger charge is -2.17. The van der Waals surface area contributed by atoms with E-state index < -0.39 is 0 Å². The highest BCUT2D eigenvalue weighted by Gasteiger charge is 2.04. The van der Waals surface area contributed by atoms with Crippen LogP contribution >= 0.6 is 15.9 Å². The predicted molar refractivity (Wildman–Crippen MR) is 70.0 cm³/mol. The lowest BCUT2D eigenvalue weighted by atomic mass is 10.2. The summed E-state index contributed by atoms with van der Waals surface area (Å²) in [4.78, 5) is 2.27. The van der Waals surface area contributed by atoms with E-state index in [2.05, 4.69) is 34.8 Å². The highest BCUT2D eigenvalue weighted by molar-refractivity contribution is 9.10. The van der Waals surface area contributed by atoms with Crippen molar-refractivity contribution < 1.29 is 4.39 Å². The average Bonchev–Trinajstić information content (AvgIpc) is 2.23.